The standard InChI is InChI=1S/C24H40F3NO4/c1-5-19(12-17-8-9-17)20(6-2)13-18-14-23(4,31-16-18)10-11-28(7-3)22(30)32-21(15-29)24(25,26)27/h5,17-18,20-21,29H,6-16H2,1-4H3/b19-5+/t18-,20?,21-,23?/m1/s1. The van der Waals surface area contributed by atoms with Crippen molar-refractivity contribution in [2.75, 3.05) is 26.3 Å². The van der Waals surface area contributed by atoms with Crippen LogP contribution in [0.25, 0.3) is 0 Å². The molecule has 0 radical (unpaired) electrons. The van der Waals surface area contributed by atoms with Crippen LogP contribution in [0.5, 0.6) is 0 Å². The molecule has 32 heavy (non-hydrogen) atoms. The first kappa shape index (κ1) is 27.0. The molecule has 0 bridgehead atoms. The third kappa shape index (κ3) is 7.94. The number of nitrogens with zero attached hydrogens (tertiary/aromatic N) is 1. The van der Waals surface area contributed by atoms with Crippen LogP contribution in [0.2, 0.25) is 0 Å². The fourth-order valence-corrected chi connectivity index (χ4v) is 4.69. The Labute approximate surface area is 190 Å². The van der Waals surface area contributed by atoms with Gasteiger partial charge in [0.15, 0.2) is 0 Å². The summed E-state index contributed by atoms with van der Waals surface area (Å²) in [5.41, 5.74) is 1.15. The van der Waals surface area contributed by atoms with Gasteiger partial charge in [-0.2, -0.15) is 13.2 Å². The zero-order valence-corrected chi connectivity index (χ0v) is 19.9. The zero-order valence-electron chi connectivity index (χ0n) is 19.9. The summed E-state index contributed by atoms with van der Waals surface area (Å²) in [7, 11) is 0. The highest BCUT2D eigenvalue weighted by Crippen LogP contribution is 2.42. The van der Waals surface area contributed by atoms with E-state index in [1.165, 1.54) is 24.2 Å². The Hall–Kier alpha value is -1.28. The summed E-state index contributed by atoms with van der Waals surface area (Å²) in [4.78, 5) is 13.4. The molecule has 0 aromatic rings. The van der Waals surface area contributed by atoms with Crippen LogP contribution < -0.4 is 0 Å². The third-order valence-electron chi connectivity index (χ3n) is 6.94. The van der Waals surface area contributed by atoms with E-state index >= 15 is 0 Å². The monoisotopic (exact) mass is 463 g/mol. The molecule has 0 spiro atoms. The summed E-state index contributed by atoms with van der Waals surface area (Å²) in [6, 6.07) is 0. The van der Waals surface area contributed by atoms with Gasteiger partial charge in [-0.3, -0.25) is 0 Å². The van der Waals surface area contributed by atoms with Gasteiger partial charge in [-0.1, -0.05) is 18.6 Å². The van der Waals surface area contributed by atoms with E-state index < -0.39 is 30.6 Å². The number of hydrogen-bond donors (Lipinski definition) is 1. The number of halogens is 3. The normalized spacial score (nSPS) is 26.1. The largest absolute Gasteiger partial charge is 0.434 e. The molecule has 2 rings (SSSR count). The summed E-state index contributed by atoms with van der Waals surface area (Å²) < 4.78 is 49.0. The minimum atomic E-state index is -4.79. The Bertz CT molecular complexity index is 635. The lowest BCUT2D eigenvalue weighted by Gasteiger charge is -2.29. The average molecular weight is 464 g/mol. The Balaban J connectivity index is 1.86. The van der Waals surface area contributed by atoms with Crippen LogP contribution in [0.4, 0.5) is 18.0 Å². The predicted molar refractivity (Wildman–Crippen MR) is 117 cm³/mol. The van der Waals surface area contributed by atoms with Gasteiger partial charge in [0.05, 0.1) is 18.8 Å². The Morgan fingerprint density at radius 3 is 2.50 bits per heavy atom. The van der Waals surface area contributed by atoms with Crippen molar-refractivity contribution in [2.24, 2.45) is 17.8 Å². The van der Waals surface area contributed by atoms with Crippen LogP contribution in [0.3, 0.4) is 0 Å². The summed E-state index contributed by atoms with van der Waals surface area (Å²) in [5.74, 6) is 1.87. The Morgan fingerprint density at radius 2 is 2.00 bits per heavy atom. The number of allylic oxidation sites excluding steroid dienone is 2. The minimum Gasteiger partial charge on any atom is -0.434 e. The smallest absolute Gasteiger partial charge is 0.427 e. The fourth-order valence-electron chi connectivity index (χ4n) is 4.69. The first-order valence-electron chi connectivity index (χ1n) is 12.0. The highest BCUT2D eigenvalue weighted by molar-refractivity contribution is 5.67. The molecule has 1 saturated carbocycles. The highest BCUT2D eigenvalue weighted by atomic mass is 19.4. The van der Waals surface area contributed by atoms with Crippen molar-refractivity contribution in [3.63, 3.8) is 0 Å². The predicted octanol–water partition coefficient (Wildman–Crippen LogP) is 5.72. The quantitative estimate of drug-likeness (QED) is 0.376. The van der Waals surface area contributed by atoms with E-state index in [1.807, 2.05) is 6.92 Å². The fraction of sp³-hybridized carbons (Fsp3) is 0.875. The number of aliphatic hydroxyl groups is 1. The van der Waals surface area contributed by atoms with Crippen molar-refractivity contribution < 1.29 is 32.5 Å². The Kier molecular flexibility index (Phi) is 9.88. The number of hydrogen-bond acceptors (Lipinski definition) is 4. The third-order valence-corrected chi connectivity index (χ3v) is 6.94. The average Bonchev–Trinajstić information content (AvgIpc) is 3.49. The maximum atomic E-state index is 12.8. The van der Waals surface area contributed by atoms with Gasteiger partial charge in [-0.15, -0.1) is 0 Å². The van der Waals surface area contributed by atoms with E-state index in [0.29, 0.717) is 24.9 Å². The van der Waals surface area contributed by atoms with Crippen LogP contribution in [-0.2, 0) is 9.47 Å². The maximum absolute atomic E-state index is 12.8. The van der Waals surface area contributed by atoms with Gasteiger partial charge < -0.3 is 19.5 Å². The Morgan fingerprint density at radius 1 is 1.31 bits per heavy atom. The first-order valence-corrected chi connectivity index (χ1v) is 12.0. The van der Waals surface area contributed by atoms with Crippen LogP contribution >= 0.6 is 0 Å². The van der Waals surface area contributed by atoms with Crippen molar-refractivity contribution in [3.8, 4) is 0 Å². The summed E-state index contributed by atoms with van der Waals surface area (Å²) >= 11 is 0. The van der Waals surface area contributed by atoms with Crippen molar-refractivity contribution in [2.45, 2.75) is 90.5 Å². The van der Waals surface area contributed by atoms with Gasteiger partial charge in [0, 0.05) is 13.1 Å². The number of aliphatic hydroxyl groups excluding tert-OH is 1. The van der Waals surface area contributed by atoms with E-state index in [2.05, 4.69) is 24.7 Å². The summed E-state index contributed by atoms with van der Waals surface area (Å²) in [6.45, 7) is 7.92. The highest BCUT2D eigenvalue weighted by Gasteiger charge is 2.43. The number of amides is 1. The lowest BCUT2D eigenvalue weighted by Crippen LogP contribution is -2.43. The number of alkyl halides is 3. The SMILES string of the molecule is C/C=C(\CC1CC1)C(CC)C[C@H]1COC(C)(CCN(CC)C(=O)O[C@H](CO)C(F)(F)F)C1. The van der Waals surface area contributed by atoms with Gasteiger partial charge in [0.1, 0.15) is 0 Å². The molecule has 186 valence electrons. The molecule has 5 nitrogen and oxygen atoms in total. The van der Waals surface area contributed by atoms with Crippen LogP contribution in [0.1, 0.15) is 72.6 Å². The van der Waals surface area contributed by atoms with Gasteiger partial charge in [-0.25, -0.2) is 4.79 Å². The first-order chi connectivity index (χ1) is 15.0. The molecule has 2 aliphatic rings. The molecule has 0 aromatic heterocycles. The van der Waals surface area contributed by atoms with Gasteiger partial charge >= 0.3 is 12.3 Å². The maximum Gasteiger partial charge on any atom is 0.427 e. The van der Waals surface area contributed by atoms with E-state index in [1.54, 1.807) is 12.5 Å². The van der Waals surface area contributed by atoms with Crippen molar-refractivity contribution in [1.29, 1.82) is 0 Å². The molecule has 4 atom stereocenters. The topological polar surface area (TPSA) is 59.0 Å². The summed E-state index contributed by atoms with van der Waals surface area (Å²) in [5, 5.41) is 8.90. The lowest BCUT2D eigenvalue weighted by atomic mass is 9.81. The number of ether oxygens (including phenoxy) is 2. The zero-order chi connectivity index (χ0) is 23.9. The summed E-state index contributed by atoms with van der Waals surface area (Å²) in [6.07, 6.45) is 1.41. The second-order valence-corrected chi connectivity index (χ2v) is 9.61. The van der Waals surface area contributed by atoms with Gasteiger partial charge in [0.25, 0.3) is 0 Å². The number of rotatable bonds is 12. The van der Waals surface area contributed by atoms with E-state index in [0.717, 1.165) is 25.2 Å². The number of carbonyl (C=O) groups excluding carboxylic acids is 1. The molecule has 1 saturated heterocycles. The molecular weight excluding hydrogens is 423 g/mol. The van der Waals surface area contributed by atoms with Crippen molar-refractivity contribution >= 4 is 6.09 Å². The van der Waals surface area contributed by atoms with Gasteiger partial charge in [-0.05, 0) is 83.5 Å². The second kappa shape index (κ2) is 11.7. The molecule has 2 fully saturated rings. The molecular formula is C24H40F3NO4. The molecule has 1 amide bonds. The molecule has 8 heteroatoms. The van der Waals surface area contributed by atoms with Crippen LogP contribution in [-0.4, -0.2) is 60.3 Å². The van der Waals surface area contributed by atoms with Crippen LogP contribution in [0.15, 0.2) is 11.6 Å². The lowest BCUT2D eigenvalue weighted by molar-refractivity contribution is -0.214. The van der Waals surface area contributed by atoms with E-state index in [9.17, 15) is 18.0 Å². The molecule has 1 aliphatic carbocycles. The molecule has 2 unspecified atom stereocenters. The molecule has 1 heterocycles. The van der Waals surface area contributed by atoms with Crippen molar-refractivity contribution in [3.05, 3.63) is 11.6 Å². The molecule has 1 aliphatic heterocycles. The van der Waals surface area contributed by atoms with E-state index in [-0.39, 0.29) is 13.1 Å². The number of carbonyl (C=O) groups is 1. The second-order valence-electron chi connectivity index (χ2n) is 9.61. The van der Waals surface area contributed by atoms with E-state index in [4.69, 9.17) is 9.84 Å². The van der Waals surface area contributed by atoms with Gasteiger partial charge in [0.2, 0.25) is 6.10 Å². The van der Waals surface area contributed by atoms with Crippen LogP contribution in [0, 0.1) is 17.8 Å². The van der Waals surface area contributed by atoms with Crippen molar-refractivity contribution in [1.82, 2.24) is 4.90 Å². The molecule has 1 N–H and O–H groups in total. The molecule has 0 aromatic carbocycles. The minimum absolute atomic E-state index is 0.220.